The van der Waals surface area contributed by atoms with Crippen LogP contribution in [0.15, 0.2) is 18.2 Å². The number of piperazine rings is 1. The molecule has 0 aromatic heterocycles. The van der Waals surface area contributed by atoms with Gasteiger partial charge in [0.15, 0.2) is 0 Å². The first-order valence-electron chi connectivity index (χ1n) is 6.03. The van der Waals surface area contributed by atoms with Crippen molar-refractivity contribution < 1.29 is 14.7 Å². The van der Waals surface area contributed by atoms with Crippen molar-refractivity contribution in [1.82, 2.24) is 5.32 Å². The summed E-state index contributed by atoms with van der Waals surface area (Å²) >= 11 is 0. The molecule has 0 radical (unpaired) electrons. The number of aromatic carboxylic acids is 1. The average molecular weight is 263 g/mol. The number of amides is 1. The van der Waals surface area contributed by atoms with Crippen LogP contribution in [0.4, 0.5) is 11.4 Å². The van der Waals surface area contributed by atoms with Gasteiger partial charge in [-0.05, 0) is 32.0 Å². The lowest BCUT2D eigenvalue weighted by Gasteiger charge is -2.43. The van der Waals surface area contributed by atoms with E-state index in [4.69, 9.17) is 10.8 Å². The van der Waals surface area contributed by atoms with E-state index in [0.717, 1.165) is 0 Å². The first-order chi connectivity index (χ1) is 8.84. The molecule has 1 aliphatic rings. The Morgan fingerprint density at radius 3 is 2.79 bits per heavy atom. The first kappa shape index (κ1) is 13.2. The van der Waals surface area contributed by atoms with E-state index in [1.807, 2.05) is 4.90 Å². The summed E-state index contributed by atoms with van der Waals surface area (Å²) in [5, 5.41) is 11.9. The van der Waals surface area contributed by atoms with Gasteiger partial charge in [0.25, 0.3) is 0 Å². The van der Waals surface area contributed by atoms with Crippen LogP contribution in [-0.2, 0) is 4.79 Å². The molecule has 0 bridgehead atoms. The van der Waals surface area contributed by atoms with Crippen molar-refractivity contribution in [2.45, 2.75) is 19.4 Å². The minimum absolute atomic E-state index is 0.0549. The predicted molar refractivity (Wildman–Crippen MR) is 72.2 cm³/mol. The number of anilines is 2. The van der Waals surface area contributed by atoms with Gasteiger partial charge in [0, 0.05) is 24.5 Å². The Morgan fingerprint density at radius 1 is 1.47 bits per heavy atom. The molecule has 19 heavy (non-hydrogen) atoms. The van der Waals surface area contributed by atoms with Crippen molar-refractivity contribution in [1.29, 1.82) is 0 Å². The molecule has 1 amide bonds. The number of carboxylic acid groups (broad SMARTS) is 1. The third-order valence-electron chi connectivity index (χ3n) is 3.43. The van der Waals surface area contributed by atoms with Crippen molar-refractivity contribution in [3.05, 3.63) is 23.8 Å². The van der Waals surface area contributed by atoms with Crippen molar-refractivity contribution in [2.24, 2.45) is 0 Å². The number of carbonyl (C=O) groups is 2. The Morgan fingerprint density at radius 2 is 2.16 bits per heavy atom. The number of nitrogens with one attached hydrogen (secondary N) is 1. The Labute approximate surface area is 111 Å². The molecule has 0 spiro atoms. The number of nitrogens with two attached hydrogens (primary N) is 1. The lowest BCUT2D eigenvalue weighted by molar-refractivity contribution is -0.126. The topological polar surface area (TPSA) is 95.7 Å². The summed E-state index contributed by atoms with van der Waals surface area (Å²) in [4.78, 5) is 24.9. The minimum atomic E-state index is -1.07. The van der Waals surface area contributed by atoms with E-state index in [-0.39, 0.29) is 17.2 Å². The molecule has 4 N–H and O–H groups in total. The zero-order chi connectivity index (χ0) is 14.2. The molecule has 0 atom stereocenters. The van der Waals surface area contributed by atoms with Crippen LogP contribution in [0.3, 0.4) is 0 Å². The molecule has 0 saturated carbocycles. The highest BCUT2D eigenvalue weighted by Crippen LogP contribution is 2.28. The van der Waals surface area contributed by atoms with Crippen LogP contribution >= 0.6 is 0 Å². The summed E-state index contributed by atoms with van der Waals surface area (Å²) in [5.74, 6) is -1.15. The zero-order valence-electron chi connectivity index (χ0n) is 10.9. The van der Waals surface area contributed by atoms with Gasteiger partial charge in [-0.1, -0.05) is 0 Å². The van der Waals surface area contributed by atoms with Crippen LogP contribution in [0.2, 0.25) is 0 Å². The fraction of sp³-hybridized carbons (Fsp3) is 0.385. The van der Waals surface area contributed by atoms with E-state index < -0.39 is 11.5 Å². The molecule has 1 aromatic rings. The zero-order valence-corrected chi connectivity index (χ0v) is 10.9. The van der Waals surface area contributed by atoms with Crippen LogP contribution in [-0.4, -0.2) is 35.6 Å². The molecular formula is C13H17N3O3. The molecule has 1 saturated heterocycles. The number of hydrogen-bond donors (Lipinski definition) is 3. The number of benzene rings is 1. The molecule has 6 heteroatoms. The smallest absolute Gasteiger partial charge is 0.337 e. The van der Waals surface area contributed by atoms with E-state index in [1.54, 1.807) is 26.0 Å². The summed E-state index contributed by atoms with van der Waals surface area (Å²) in [6, 6.07) is 4.81. The molecule has 2 rings (SSSR count). The molecule has 0 unspecified atom stereocenters. The summed E-state index contributed by atoms with van der Waals surface area (Å²) in [7, 11) is 0. The maximum atomic E-state index is 11.9. The van der Waals surface area contributed by atoms with E-state index >= 15 is 0 Å². The van der Waals surface area contributed by atoms with Gasteiger partial charge >= 0.3 is 5.97 Å². The van der Waals surface area contributed by atoms with Crippen molar-refractivity contribution in [3.63, 3.8) is 0 Å². The van der Waals surface area contributed by atoms with E-state index in [2.05, 4.69) is 5.32 Å². The van der Waals surface area contributed by atoms with Gasteiger partial charge < -0.3 is 21.1 Å². The van der Waals surface area contributed by atoms with Gasteiger partial charge in [-0.15, -0.1) is 0 Å². The minimum Gasteiger partial charge on any atom is -0.478 e. The van der Waals surface area contributed by atoms with Gasteiger partial charge in [-0.25, -0.2) is 4.79 Å². The maximum absolute atomic E-state index is 11.9. The fourth-order valence-corrected chi connectivity index (χ4v) is 2.25. The highest BCUT2D eigenvalue weighted by Gasteiger charge is 2.37. The number of rotatable bonds is 2. The van der Waals surface area contributed by atoms with Crippen LogP contribution in [0.1, 0.15) is 24.2 Å². The van der Waals surface area contributed by atoms with Crippen LogP contribution < -0.4 is 16.0 Å². The maximum Gasteiger partial charge on any atom is 0.337 e. The Balaban J connectivity index is 2.44. The van der Waals surface area contributed by atoms with Gasteiger partial charge in [-0.3, -0.25) is 4.79 Å². The number of carbonyl (C=O) groups excluding carboxylic acids is 1. The van der Waals surface area contributed by atoms with Gasteiger partial charge in [0.1, 0.15) is 5.54 Å². The molecule has 0 aliphatic carbocycles. The first-order valence-corrected chi connectivity index (χ1v) is 6.03. The van der Waals surface area contributed by atoms with Gasteiger partial charge in [0.2, 0.25) is 5.91 Å². The number of carboxylic acids is 1. The summed E-state index contributed by atoms with van der Waals surface area (Å²) in [5.41, 5.74) is 5.88. The fourth-order valence-electron chi connectivity index (χ4n) is 2.25. The van der Waals surface area contributed by atoms with E-state index in [0.29, 0.717) is 18.8 Å². The average Bonchev–Trinajstić information content (AvgIpc) is 2.33. The second-order valence-electron chi connectivity index (χ2n) is 5.04. The largest absolute Gasteiger partial charge is 0.478 e. The second-order valence-corrected chi connectivity index (χ2v) is 5.04. The molecule has 1 heterocycles. The van der Waals surface area contributed by atoms with Gasteiger partial charge in [-0.2, -0.15) is 0 Å². The molecule has 1 aromatic carbocycles. The Bertz CT molecular complexity index is 540. The normalized spacial score (nSPS) is 18.0. The van der Waals surface area contributed by atoms with E-state index in [1.165, 1.54) is 6.07 Å². The highest BCUT2D eigenvalue weighted by molar-refractivity contribution is 5.96. The summed E-state index contributed by atoms with van der Waals surface area (Å²) in [6.07, 6.45) is 0. The predicted octanol–water partition coefficient (Wildman–Crippen LogP) is 0.682. The number of hydrogen-bond acceptors (Lipinski definition) is 4. The SMILES string of the molecule is CC1(C)C(=O)NCCN1c1ccc(N)c(C(=O)O)c1. The highest BCUT2D eigenvalue weighted by atomic mass is 16.4. The van der Waals surface area contributed by atoms with Crippen LogP contribution in [0, 0.1) is 0 Å². The summed E-state index contributed by atoms with van der Waals surface area (Å²) in [6.45, 7) is 4.77. The Hall–Kier alpha value is -2.24. The second kappa shape index (κ2) is 4.46. The molecule has 1 aliphatic heterocycles. The van der Waals surface area contributed by atoms with Crippen LogP contribution in [0.5, 0.6) is 0 Å². The lowest BCUT2D eigenvalue weighted by Crippen LogP contribution is -2.62. The molecular weight excluding hydrogens is 246 g/mol. The molecule has 1 fully saturated rings. The van der Waals surface area contributed by atoms with Crippen LogP contribution in [0.25, 0.3) is 0 Å². The van der Waals surface area contributed by atoms with E-state index in [9.17, 15) is 9.59 Å². The van der Waals surface area contributed by atoms with Gasteiger partial charge in [0.05, 0.1) is 5.56 Å². The number of nitrogen functional groups attached to an aromatic ring is 1. The molecule has 6 nitrogen and oxygen atoms in total. The standard InChI is InChI=1S/C13H17N3O3/c1-13(2)12(19)15-5-6-16(13)8-3-4-10(14)9(7-8)11(17)18/h3-4,7H,5-6,14H2,1-2H3,(H,15,19)(H,17,18). The Kier molecular flexibility index (Phi) is 3.09. The van der Waals surface area contributed by atoms with Crippen molar-refractivity contribution in [2.75, 3.05) is 23.7 Å². The molecule has 102 valence electrons. The third kappa shape index (κ3) is 2.21. The number of nitrogens with zero attached hydrogens (tertiary/aromatic N) is 1. The quantitative estimate of drug-likeness (QED) is 0.682. The lowest BCUT2D eigenvalue weighted by atomic mass is 9.97. The van der Waals surface area contributed by atoms with Crippen molar-refractivity contribution >= 4 is 23.3 Å². The monoisotopic (exact) mass is 263 g/mol. The van der Waals surface area contributed by atoms with Crippen molar-refractivity contribution in [3.8, 4) is 0 Å². The third-order valence-corrected chi connectivity index (χ3v) is 3.43. The summed E-state index contributed by atoms with van der Waals surface area (Å²) < 4.78 is 0.